The van der Waals surface area contributed by atoms with Crippen molar-refractivity contribution in [3.05, 3.63) is 63.3 Å². The fourth-order valence-electron chi connectivity index (χ4n) is 2.95. The number of halogens is 1. The molecule has 3 aromatic rings. The Bertz CT molecular complexity index is 1080. The molecule has 0 radical (unpaired) electrons. The van der Waals surface area contributed by atoms with Gasteiger partial charge in [-0.05, 0) is 38.5 Å². The average Bonchev–Trinajstić information content (AvgIpc) is 2.58. The monoisotopic (exact) mass is 356 g/mol. The van der Waals surface area contributed by atoms with Gasteiger partial charge in [-0.25, -0.2) is 9.18 Å². The van der Waals surface area contributed by atoms with E-state index in [1.807, 2.05) is 0 Å². The van der Waals surface area contributed by atoms with Crippen molar-refractivity contribution < 1.29 is 18.7 Å². The number of benzene rings is 1. The van der Waals surface area contributed by atoms with Crippen molar-refractivity contribution in [2.45, 2.75) is 26.8 Å². The number of hydrogen-bond acceptors (Lipinski definition) is 4. The lowest BCUT2D eigenvalue weighted by atomic mass is 9.99. The molecule has 3 rings (SSSR count). The van der Waals surface area contributed by atoms with Crippen LogP contribution in [0.5, 0.6) is 0 Å². The first-order valence-corrected chi connectivity index (χ1v) is 7.97. The van der Waals surface area contributed by atoms with Gasteiger partial charge in [0.05, 0.1) is 17.0 Å². The van der Waals surface area contributed by atoms with Crippen molar-refractivity contribution in [1.29, 1.82) is 0 Å². The van der Waals surface area contributed by atoms with E-state index < -0.39 is 18.0 Å². The van der Waals surface area contributed by atoms with Crippen LogP contribution in [0.1, 0.15) is 29.7 Å². The van der Waals surface area contributed by atoms with Crippen LogP contribution in [0.4, 0.5) is 9.18 Å². The number of rotatable bonds is 3. The highest BCUT2D eigenvalue weighted by atomic mass is 19.1. The maximum absolute atomic E-state index is 14.2. The second kappa shape index (κ2) is 6.59. The van der Waals surface area contributed by atoms with Gasteiger partial charge in [0.15, 0.2) is 5.43 Å². The molecule has 1 aromatic carbocycles. The second-order valence-corrected chi connectivity index (χ2v) is 6.14. The minimum atomic E-state index is -1.19. The molecule has 7 heteroatoms. The van der Waals surface area contributed by atoms with E-state index in [9.17, 15) is 14.0 Å². The van der Waals surface area contributed by atoms with Gasteiger partial charge in [0.1, 0.15) is 17.2 Å². The van der Waals surface area contributed by atoms with E-state index in [0.717, 1.165) is 5.56 Å². The van der Waals surface area contributed by atoms with Crippen molar-refractivity contribution >= 4 is 17.1 Å². The third-order valence-corrected chi connectivity index (χ3v) is 4.21. The van der Waals surface area contributed by atoms with Gasteiger partial charge in [0.25, 0.3) is 0 Å². The van der Waals surface area contributed by atoms with Crippen LogP contribution in [-0.2, 0) is 0 Å². The standard InChI is InChI=1S/C19H17FN2O4/c1-9-6-12(11(3)22-19(24)25)18-13(7-9)16(23)10(2)17(26-18)14-8-21-5-4-15(14)20/h4-8,11,22H,1-3H3,(H,24,25). The largest absolute Gasteiger partial charge is 0.465 e. The fraction of sp³-hybridized carbons (Fsp3) is 0.211. The Labute approximate surface area is 148 Å². The highest BCUT2D eigenvalue weighted by Gasteiger charge is 2.21. The Morgan fingerprint density at radius 1 is 1.35 bits per heavy atom. The summed E-state index contributed by atoms with van der Waals surface area (Å²) in [5, 5.41) is 11.7. The fourth-order valence-corrected chi connectivity index (χ4v) is 2.95. The van der Waals surface area contributed by atoms with Gasteiger partial charge in [-0.2, -0.15) is 0 Å². The number of carbonyl (C=O) groups is 1. The number of aryl methyl sites for hydroxylation is 1. The second-order valence-electron chi connectivity index (χ2n) is 6.14. The molecule has 6 nitrogen and oxygen atoms in total. The van der Waals surface area contributed by atoms with E-state index in [1.165, 1.54) is 18.5 Å². The summed E-state index contributed by atoms with van der Waals surface area (Å²) in [4.78, 5) is 27.7. The maximum atomic E-state index is 14.2. The molecule has 2 heterocycles. The predicted octanol–water partition coefficient (Wildman–Crippen LogP) is 3.94. The summed E-state index contributed by atoms with van der Waals surface area (Å²) in [6.07, 6.45) is 1.40. The molecular weight excluding hydrogens is 339 g/mol. The van der Waals surface area contributed by atoms with E-state index in [4.69, 9.17) is 9.52 Å². The molecule has 1 atom stereocenters. The van der Waals surface area contributed by atoms with Crippen molar-refractivity contribution in [2.75, 3.05) is 0 Å². The van der Waals surface area contributed by atoms with Crippen LogP contribution in [0.15, 0.2) is 39.8 Å². The summed E-state index contributed by atoms with van der Waals surface area (Å²) >= 11 is 0. The van der Waals surface area contributed by atoms with Crippen LogP contribution < -0.4 is 10.7 Å². The lowest BCUT2D eigenvalue weighted by Gasteiger charge is -2.16. The van der Waals surface area contributed by atoms with Crippen molar-refractivity contribution in [1.82, 2.24) is 10.3 Å². The summed E-state index contributed by atoms with van der Waals surface area (Å²) in [6, 6.07) is 3.98. The Morgan fingerprint density at radius 3 is 2.73 bits per heavy atom. The van der Waals surface area contributed by atoms with Crippen LogP contribution >= 0.6 is 0 Å². The minimum Gasteiger partial charge on any atom is -0.465 e. The number of nitrogens with one attached hydrogen (secondary N) is 1. The number of nitrogens with zero attached hydrogens (tertiary/aromatic N) is 1. The Morgan fingerprint density at radius 2 is 2.08 bits per heavy atom. The lowest BCUT2D eigenvalue weighted by molar-refractivity contribution is 0.191. The number of pyridine rings is 1. The number of amides is 1. The van der Waals surface area contributed by atoms with Crippen LogP contribution in [-0.4, -0.2) is 16.2 Å². The van der Waals surface area contributed by atoms with Gasteiger partial charge in [-0.15, -0.1) is 0 Å². The third-order valence-electron chi connectivity index (χ3n) is 4.21. The van der Waals surface area contributed by atoms with Crippen molar-refractivity contribution in [3.63, 3.8) is 0 Å². The normalized spacial score (nSPS) is 12.2. The van der Waals surface area contributed by atoms with E-state index in [2.05, 4.69) is 10.3 Å². The molecule has 0 aliphatic heterocycles. The molecule has 0 spiro atoms. The van der Waals surface area contributed by atoms with Crippen LogP contribution in [0.2, 0.25) is 0 Å². The zero-order chi connectivity index (χ0) is 19.0. The minimum absolute atomic E-state index is 0.0781. The van der Waals surface area contributed by atoms with E-state index >= 15 is 0 Å². The number of aromatic nitrogens is 1. The Hall–Kier alpha value is -3.22. The quantitative estimate of drug-likeness (QED) is 0.741. The first kappa shape index (κ1) is 17.6. The molecule has 26 heavy (non-hydrogen) atoms. The molecule has 1 amide bonds. The topological polar surface area (TPSA) is 92.4 Å². The molecule has 1 unspecified atom stereocenters. The molecule has 2 aromatic heterocycles. The third kappa shape index (κ3) is 3.03. The molecule has 0 aliphatic rings. The van der Waals surface area contributed by atoms with Crippen LogP contribution in [0.25, 0.3) is 22.3 Å². The first-order valence-electron chi connectivity index (χ1n) is 7.97. The first-order chi connectivity index (χ1) is 12.3. The number of fused-ring (bicyclic) bond motifs is 1. The summed E-state index contributed by atoms with van der Waals surface area (Å²) in [6.45, 7) is 5.01. The number of hydrogen-bond donors (Lipinski definition) is 2. The van der Waals surface area contributed by atoms with Gasteiger partial charge in [-0.3, -0.25) is 9.78 Å². The predicted molar refractivity (Wildman–Crippen MR) is 94.7 cm³/mol. The van der Waals surface area contributed by atoms with Gasteiger partial charge >= 0.3 is 6.09 Å². The zero-order valence-electron chi connectivity index (χ0n) is 14.5. The van der Waals surface area contributed by atoms with Crippen LogP contribution in [0.3, 0.4) is 0 Å². The molecule has 0 aliphatic carbocycles. The number of carboxylic acid groups (broad SMARTS) is 1. The summed E-state index contributed by atoms with van der Waals surface area (Å²) < 4.78 is 20.1. The molecule has 0 bridgehead atoms. The Balaban J connectivity index is 2.36. The van der Waals surface area contributed by atoms with E-state index in [-0.39, 0.29) is 27.9 Å². The van der Waals surface area contributed by atoms with Gasteiger partial charge in [-0.1, -0.05) is 6.07 Å². The Kier molecular flexibility index (Phi) is 4.46. The van der Waals surface area contributed by atoms with E-state index in [1.54, 1.807) is 32.9 Å². The molecule has 0 fully saturated rings. The van der Waals surface area contributed by atoms with Crippen LogP contribution in [0, 0.1) is 19.7 Å². The molecule has 134 valence electrons. The molecular formula is C19H17FN2O4. The SMILES string of the molecule is Cc1cc(C(C)NC(=O)O)c2oc(-c3cnccc3F)c(C)c(=O)c2c1. The van der Waals surface area contributed by atoms with Crippen molar-refractivity contribution in [3.8, 4) is 11.3 Å². The molecule has 0 saturated carbocycles. The molecule has 2 N–H and O–H groups in total. The smallest absolute Gasteiger partial charge is 0.405 e. The summed E-state index contributed by atoms with van der Waals surface area (Å²) in [5.74, 6) is -0.475. The van der Waals surface area contributed by atoms with Gasteiger partial charge < -0.3 is 14.8 Å². The lowest BCUT2D eigenvalue weighted by Crippen LogP contribution is -2.25. The highest BCUT2D eigenvalue weighted by Crippen LogP contribution is 2.31. The zero-order valence-corrected chi connectivity index (χ0v) is 14.5. The maximum Gasteiger partial charge on any atom is 0.405 e. The average molecular weight is 356 g/mol. The van der Waals surface area contributed by atoms with E-state index in [0.29, 0.717) is 10.9 Å². The van der Waals surface area contributed by atoms with Gasteiger partial charge in [0, 0.05) is 23.5 Å². The summed E-state index contributed by atoms with van der Waals surface area (Å²) in [5.41, 5.74) is 1.57. The van der Waals surface area contributed by atoms with Gasteiger partial charge in [0.2, 0.25) is 0 Å². The van der Waals surface area contributed by atoms with Crippen molar-refractivity contribution in [2.24, 2.45) is 0 Å². The highest BCUT2D eigenvalue weighted by molar-refractivity contribution is 5.84. The molecule has 0 saturated heterocycles. The summed E-state index contributed by atoms with van der Waals surface area (Å²) in [7, 11) is 0.